The van der Waals surface area contributed by atoms with Gasteiger partial charge in [-0.15, -0.1) is 0 Å². The molecule has 152 valence electrons. The lowest BCUT2D eigenvalue weighted by atomic mass is 10.2. The fourth-order valence-electron chi connectivity index (χ4n) is 2.49. The molecule has 1 atom stereocenters. The molecule has 1 aromatic carbocycles. The molecule has 3 aromatic rings. The minimum atomic E-state index is -4.41. The summed E-state index contributed by atoms with van der Waals surface area (Å²) >= 11 is 3.20. The van der Waals surface area contributed by atoms with Crippen molar-refractivity contribution in [3.8, 4) is 11.3 Å². The maximum atomic E-state index is 12.9. The number of alkyl halides is 3. The Morgan fingerprint density at radius 3 is 2.55 bits per heavy atom. The van der Waals surface area contributed by atoms with Gasteiger partial charge in [-0.25, -0.2) is 4.98 Å². The van der Waals surface area contributed by atoms with E-state index in [2.05, 4.69) is 41.5 Å². The fourth-order valence-corrected chi connectivity index (χ4v) is 2.97. The Hall–Kier alpha value is -2.68. The van der Waals surface area contributed by atoms with Crippen LogP contribution in [0.4, 0.5) is 30.6 Å². The number of anilines is 3. The van der Waals surface area contributed by atoms with E-state index in [9.17, 15) is 13.2 Å². The molecule has 0 aliphatic heterocycles. The van der Waals surface area contributed by atoms with Gasteiger partial charge in [0.1, 0.15) is 5.82 Å². The summed E-state index contributed by atoms with van der Waals surface area (Å²) in [6, 6.07) is 8.98. The van der Waals surface area contributed by atoms with Gasteiger partial charge in [-0.3, -0.25) is 4.98 Å². The van der Waals surface area contributed by atoms with Crippen molar-refractivity contribution in [1.29, 1.82) is 0 Å². The molecule has 2 N–H and O–H groups in total. The van der Waals surface area contributed by atoms with Crippen LogP contribution in [0.25, 0.3) is 11.3 Å². The first-order chi connectivity index (χ1) is 13.8. The van der Waals surface area contributed by atoms with Crippen molar-refractivity contribution in [2.45, 2.75) is 32.5 Å². The summed E-state index contributed by atoms with van der Waals surface area (Å²) in [5, 5.41) is 6.30. The van der Waals surface area contributed by atoms with E-state index >= 15 is 0 Å². The number of nitrogens with one attached hydrogen (secondary N) is 2. The summed E-state index contributed by atoms with van der Waals surface area (Å²) in [6.45, 7) is 4.06. The second-order valence-electron chi connectivity index (χ2n) is 6.47. The van der Waals surface area contributed by atoms with Gasteiger partial charge in [0.05, 0.1) is 16.9 Å². The summed E-state index contributed by atoms with van der Waals surface area (Å²) in [4.78, 5) is 13.1. The van der Waals surface area contributed by atoms with E-state index in [1.54, 1.807) is 24.5 Å². The maximum absolute atomic E-state index is 12.9. The highest BCUT2D eigenvalue weighted by molar-refractivity contribution is 9.10. The fraction of sp³-hybridized carbons (Fsp3) is 0.250. The Bertz CT molecular complexity index is 980. The molecule has 0 bridgehead atoms. The van der Waals surface area contributed by atoms with Gasteiger partial charge in [-0.1, -0.05) is 6.92 Å². The predicted molar refractivity (Wildman–Crippen MR) is 111 cm³/mol. The second kappa shape index (κ2) is 8.77. The number of benzene rings is 1. The number of rotatable bonds is 6. The highest BCUT2D eigenvalue weighted by Gasteiger charge is 2.30. The van der Waals surface area contributed by atoms with Gasteiger partial charge in [0.25, 0.3) is 0 Å². The van der Waals surface area contributed by atoms with Crippen molar-refractivity contribution in [2.24, 2.45) is 0 Å². The van der Waals surface area contributed by atoms with Crippen molar-refractivity contribution in [2.75, 3.05) is 10.6 Å². The normalized spacial score (nSPS) is 12.5. The lowest BCUT2D eigenvalue weighted by Gasteiger charge is -2.15. The number of pyridine rings is 1. The molecule has 0 unspecified atom stereocenters. The van der Waals surface area contributed by atoms with Crippen LogP contribution in [0.3, 0.4) is 0 Å². The Morgan fingerprint density at radius 2 is 1.93 bits per heavy atom. The molecular weight excluding hydrogens is 447 g/mol. The predicted octanol–water partition coefficient (Wildman–Crippen LogP) is 6.27. The van der Waals surface area contributed by atoms with Crippen LogP contribution in [0.15, 0.2) is 53.3 Å². The van der Waals surface area contributed by atoms with Crippen LogP contribution in [-0.2, 0) is 6.18 Å². The van der Waals surface area contributed by atoms with E-state index in [1.807, 2.05) is 19.9 Å². The third-order valence-electron chi connectivity index (χ3n) is 4.23. The van der Waals surface area contributed by atoms with Gasteiger partial charge in [0.15, 0.2) is 0 Å². The highest BCUT2D eigenvalue weighted by atomic mass is 79.9. The molecule has 2 heterocycles. The monoisotopic (exact) mass is 465 g/mol. The van der Waals surface area contributed by atoms with E-state index in [1.165, 1.54) is 6.07 Å². The molecule has 29 heavy (non-hydrogen) atoms. The molecule has 3 rings (SSSR count). The molecular formula is C20H19BrF3N5. The van der Waals surface area contributed by atoms with E-state index in [4.69, 9.17) is 0 Å². The largest absolute Gasteiger partial charge is 0.416 e. The molecule has 0 amide bonds. The standard InChI is InChI=1S/C20H19BrF3N5/c1-3-12(2)26-19-28-17(13-5-4-8-25-11-13)10-18(29-19)27-16-7-6-14(9-15(16)21)20(22,23)24/h4-12H,3H2,1-2H3,(H2,26,27,28,29)/t12-/m1/s1. The van der Waals surface area contributed by atoms with Crippen LogP contribution in [0.5, 0.6) is 0 Å². The zero-order valence-corrected chi connectivity index (χ0v) is 17.3. The summed E-state index contributed by atoms with van der Waals surface area (Å²) in [7, 11) is 0. The van der Waals surface area contributed by atoms with Crippen LogP contribution >= 0.6 is 15.9 Å². The van der Waals surface area contributed by atoms with Crippen molar-refractivity contribution in [1.82, 2.24) is 15.0 Å². The molecule has 0 saturated heterocycles. The zero-order chi connectivity index (χ0) is 21.0. The van der Waals surface area contributed by atoms with Crippen molar-refractivity contribution in [3.63, 3.8) is 0 Å². The Balaban J connectivity index is 1.97. The summed E-state index contributed by atoms with van der Waals surface area (Å²) < 4.78 is 39.0. The average molecular weight is 466 g/mol. The van der Waals surface area contributed by atoms with Crippen LogP contribution in [0.2, 0.25) is 0 Å². The molecule has 0 fully saturated rings. The first-order valence-corrected chi connectivity index (χ1v) is 9.75. The first kappa shape index (κ1) is 21.0. The Morgan fingerprint density at radius 1 is 1.14 bits per heavy atom. The number of hydrogen-bond acceptors (Lipinski definition) is 5. The summed E-state index contributed by atoms with van der Waals surface area (Å²) in [5.74, 6) is 0.872. The second-order valence-corrected chi connectivity index (χ2v) is 7.33. The van der Waals surface area contributed by atoms with E-state index in [0.717, 1.165) is 24.1 Å². The van der Waals surface area contributed by atoms with Gasteiger partial charge < -0.3 is 10.6 Å². The zero-order valence-electron chi connectivity index (χ0n) is 15.8. The maximum Gasteiger partial charge on any atom is 0.416 e. The Kier molecular flexibility index (Phi) is 6.36. The smallest absolute Gasteiger partial charge is 0.352 e. The molecule has 2 aromatic heterocycles. The molecule has 0 aliphatic carbocycles. The van der Waals surface area contributed by atoms with Crippen LogP contribution in [0, 0.1) is 0 Å². The Labute approximate surface area is 174 Å². The number of halogens is 4. The van der Waals surface area contributed by atoms with E-state index < -0.39 is 11.7 Å². The highest BCUT2D eigenvalue weighted by Crippen LogP contribution is 2.35. The van der Waals surface area contributed by atoms with Crippen LogP contribution < -0.4 is 10.6 Å². The first-order valence-electron chi connectivity index (χ1n) is 8.96. The topological polar surface area (TPSA) is 62.7 Å². The van der Waals surface area contributed by atoms with E-state index in [-0.39, 0.29) is 10.5 Å². The molecule has 0 saturated carbocycles. The van der Waals surface area contributed by atoms with Gasteiger partial charge >= 0.3 is 6.18 Å². The molecule has 0 radical (unpaired) electrons. The lowest BCUT2D eigenvalue weighted by molar-refractivity contribution is -0.137. The molecule has 5 nitrogen and oxygen atoms in total. The summed E-state index contributed by atoms with van der Waals surface area (Å²) in [6.07, 6.45) is -0.167. The average Bonchev–Trinajstić information content (AvgIpc) is 2.69. The van der Waals surface area contributed by atoms with Crippen LogP contribution in [-0.4, -0.2) is 21.0 Å². The van der Waals surface area contributed by atoms with Gasteiger partial charge in [-0.05, 0) is 59.6 Å². The SMILES string of the molecule is CC[C@@H](C)Nc1nc(Nc2ccc(C(F)(F)F)cc2Br)cc(-c2cccnc2)n1. The third-order valence-corrected chi connectivity index (χ3v) is 4.89. The van der Waals surface area contributed by atoms with Gasteiger partial charge in [-0.2, -0.15) is 18.2 Å². The van der Waals surface area contributed by atoms with Crippen molar-refractivity contribution < 1.29 is 13.2 Å². The van der Waals surface area contributed by atoms with Crippen molar-refractivity contribution in [3.05, 3.63) is 58.8 Å². The van der Waals surface area contributed by atoms with Crippen molar-refractivity contribution >= 4 is 33.4 Å². The quantitative estimate of drug-likeness (QED) is 0.448. The number of nitrogens with zero attached hydrogens (tertiary/aromatic N) is 3. The number of aromatic nitrogens is 3. The summed E-state index contributed by atoms with van der Waals surface area (Å²) in [5.41, 5.74) is 1.18. The molecule has 0 aliphatic rings. The minimum Gasteiger partial charge on any atom is -0.352 e. The van der Waals surface area contributed by atoms with Gasteiger partial charge in [0, 0.05) is 34.5 Å². The number of hydrogen-bond donors (Lipinski definition) is 2. The third kappa shape index (κ3) is 5.44. The van der Waals surface area contributed by atoms with E-state index in [0.29, 0.717) is 23.1 Å². The van der Waals surface area contributed by atoms with Crippen LogP contribution in [0.1, 0.15) is 25.8 Å². The van der Waals surface area contributed by atoms with Gasteiger partial charge in [0.2, 0.25) is 5.95 Å². The lowest BCUT2D eigenvalue weighted by Crippen LogP contribution is -2.16. The minimum absolute atomic E-state index is 0.157. The molecule has 9 heteroatoms. The molecule has 0 spiro atoms.